The van der Waals surface area contributed by atoms with Gasteiger partial charge in [0.15, 0.2) is 0 Å². The van der Waals surface area contributed by atoms with Crippen LogP contribution in [0.4, 0.5) is 5.69 Å². The molecule has 0 aliphatic rings. The molecule has 0 fully saturated rings. The zero-order valence-corrected chi connectivity index (χ0v) is 18.4. The van der Waals surface area contributed by atoms with Crippen molar-refractivity contribution in [3.05, 3.63) is 78.6 Å². The quantitative estimate of drug-likeness (QED) is 0.382. The monoisotopic (exact) mass is 435 g/mol. The highest BCUT2D eigenvalue weighted by Gasteiger charge is 2.15. The van der Waals surface area contributed by atoms with E-state index in [4.69, 9.17) is 9.72 Å². The maximum atomic E-state index is 12.8. The van der Waals surface area contributed by atoms with E-state index in [9.17, 15) is 8.42 Å². The Hall–Kier alpha value is -3.32. The van der Waals surface area contributed by atoms with Gasteiger partial charge in [-0.3, -0.25) is 4.72 Å². The predicted molar refractivity (Wildman–Crippen MR) is 123 cm³/mol. The Morgan fingerprint density at radius 3 is 2.61 bits per heavy atom. The summed E-state index contributed by atoms with van der Waals surface area (Å²) in [6, 6.07) is 17.7. The van der Waals surface area contributed by atoms with E-state index in [0.717, 1.165) is 35.3 Å². The molecule has 4 rings (SSSR count). The highest BCUT2D eigenvalue weighted by Crippen LogP contribution is 2.25. The number of hydrogen-bond acceptors (Lipinski definition) is 4. The number of ether oxygens (including phenoxy) is 1. The zero-order chi connectivity index (χ0) is 21.8. The molecule has 0 radical (unpaired) electrons. The van der Waals surface area contributed by atoms with Crippen molar-refractivity contribution in [2.75, 3.05) is 11.3 Å². The molecule has 0 unspecified atom stereocenters. The van der Waals surface area contributed by atoms with E-state index in [-0.39, 0.29) is 4.90 Å². The topological polar surface area (TPSA) is 72.7 Å². The number of nitrogens with zero attached hydrogens (tertiary/aromatic N) is 2. The van der Waals surface area contributed by atoms with E-state index in [2.05, 4.69) is 11.6 Å². The van der Waals surface area contributed by atoms with Gasteiger partial charge in [0, 0.05) is 23.6 Å². The molecule has 7 heteroatoms. The summed E-state index contributed by atoms with van der Waals surface area (Å²) in [7, 11) is -3.72. The van der Waals surface area contributed by atoms with Crippen molar-refractivity contribution >= 4 is 21.4 Å². The highest BCUT2D eigenvalue weighted by molar-refractivity contribution is 7.92. The van der Waals surface area contributed by atoms with Crippen LogP contribution in [0.25, 0.3) is 16.9 Å². The number of pyridine rings is 1. The van der Waals surface area contributed by atoms with Crippen molar-refractivity contribution in [2.24, 2.45) is 0 Å². The highest BCUT2D eigenvalue weighted by atomic mass is 32.2. The van der Waals surface area contributed by atoms with Gasteiger partial charge >= 0.3 is 0 Å². The van der Waals surface area contributed by atoms with Crippen LogP contribution in [-0.4, -0.2) is 24.4 Å². The van der Waals surface area contributed by atoms with Gasteiger partial charge < -0.3 is 9.14 Å². The lowest BCUT2D eigenvalue weighted by Crippen LogP contribution is -2.13. The van der Waals surface area contributed by atoms with Gasteiger partial charge in [-0.15, -0.1) is 0 Å². The van der Waals surface area contributed by atoms with E-state index < -0.39 is 10.0 Å². The second-order valence-corrected chi connectivity index (χ2v) is 9.09. The van der Waals surface area contributed by atoms with E-state index in [1.807, 2.05) is 48.0 Å². The first-order valence-corrected chi connectivity index (χ1v) is 11.7. The molecular formula is C24H25N3O3S. The van der Waals surface area contributed by atoms with Crippen molar-refractivity contribution in [2.45, 2.75) is 31.6 Å². The summed E-state index contributed by atoms with van der Waals surface area (Å²) >= 11 is 0. The fourth-order valence-corrected chi connectivity index (χ4v) is 4.35. The van der Waals surface area contributed by atoms with Crippen LogP contribution in [0.2, 0.25) is 0 Å². The van der Waals surface area contributed by atoms with Crippen LogP contribution in [0.5, 0.6) is 5.75 Å². The van der Waals surface area contributed by atoms with Crippen LogP contribution < -0.4 is 9.46 Å². The molecule has 2 aromatic heterocycles. The molecule has 0 amide bonds. The van der Waals surface area contributed by atoms with Gasteiger partial charge in [0.1, 0.15) is 11.4 Å². The number of rotatable bonds is 8. The molecule has 0 spiro atoms. The van der Waals surface area contributed by atoms with Gasteiger partial charge in [0.25, 0.3) is 10.0 Å². The molecule has 1 N–H and O–H groups in total. The lowest BCUT2D eigenvalue weighted by Gasteiger charge is -2.10. The Bertz CT molecular complexity index is 1300. The smallest absolute Gasteiger partial charge is 0.261 e. The number of aryl methyl sites for hydroxylation is 1. The van der Waals surface area contributed by atoms with E-state index >= 15 is 0 Å². The molecule has 0 aliphatic heterocycles. The summed E-state index contributed by atoms with van der Waals surface area (Å²) in [6.45, 7) is 4.72. The van der Waals surface area contributed by atoms with Crippen molar-refractivity contribution in [1.82, 2.24) is 9.38 Å². The number of unbranched alkanes of at least 4 members (excludes halogenated alkanes) is 1. The van der Waals surface area contributed by atoms with Gasteiger partial charge in [-0.2, -0.15) is 0 Å². The summed E-state index contributed by atoms with van der Waals surface area (Å²) in [5.74, 6) is 0.663. The van der Waals surface area contributed by atoms with Crippen LogP contribution in [0.1, 0.15) is 25.3 Å². The Kier molecular flexibility index (Phi) is 5.95. The van der Waals surface area contributed by atoms with Crippen LogP contribution in [-0.2, 0) is 10.0 Å². The third-order valence-electron chi connectivity index (χ3n) is 4.99. The lowest BCUT2D eigenvalue weighted by atomic mass is 10.1. The van der Waals surface area contributed by atoms with Crippen molar-refractivity contribution < 1.29 is 13.2 Å². The lowest BCUT2D eigenvalue weighted by molar-refractivity contribution is 0.309. The maximum absolute atomic E-state index is 12.8. The molecule has 160 valence electrons. The van der Waals surface area contributed by atoms with Gasteiger partial charge in [0.05, 0.1) is 17.2 Å². The Morgan fingerprint density at radius 2 is 1.87 bits per heavy atom. The second-order valence-electron chi connectivity index (χ2n) is 7.41. The van der Waals surface area contributed by atoms with Gasteiger partial charge in [-0.05, 0) is 61.4 Å². The molecular weight excluding hydrogens is 410 g/mol. The van der Waals surface area contributed by atoms with Gasteiger partial charge in [-0.1, -0.05) is 31.5 Å². The number of imidazole rings is 1. The van der Waals surface area contributed by atoms with Gasteiger partial charge in [-0.25, -0.2) is 13.4 Å². The van der Waals surface area contributed by atoms with Crippen LogP contribution >= 0.6 is 0 Å². The molecule has 0 saturated carbocycles. The minimum atomic E-state index is -3.72. The molecule has 6 nitrogen and oxygen atoms in total. The number of hydrogen-bond donors (Lipinski definition) is 1. The van der Waals surface area contributed by atoms with E-state index in [1.54, 1.807) is 36.4 Å². The Labute approximate surface area is 182 Å². The SMILES string of the molecule is CCCCOc1ccc(S(=O)(=O)Nc2cccc(-c3cn4cccc(C)c4n3)c2)cc1. The fourth-order valence-electron chi connectivity index (χ4n) is 3.30. The normalized spacial score (nSPS) is 11.5. The first-order chi connectivity index (χ1) is 15.0. The molecule has 0 atom stereocenters. The number of anilines is 1. The van der Waals surface area contributed by atoms with Crippen LogP contribution in [0.15, 0.2) is 78.0 Å². The molecule has 2 heterocycles. The standard InChI is InChI=1S/C24H25N3O3S/c1-3-4-15-30-21-10-12-22(13-11-21)31(28,29)26-20-9-5-8-19(16-20)23-17-27-14-6-7-18(2)24(27)25-23/h5-14,16-17,26H,3-4,15H2,1-2H3. The predicted octanol–water partition coefficient (Wildman–Crippen LogP) is 5.29. The number of aromatic nitrogens is 2. The summed E-state index contributed by atoms with van der Waals surface area (Å²) in [6.07, 6.45) is 5.89. The molecule has 0 aliphatic carbocycles. The summed E-state index contributed by atoms with van der Waals surface area (Å²) in [4.78, 5) is 4.87. The van der Waals surface area contributed by atoms with Crippen molar-refractivity contribution in [3.8, 4) is 17.0 Å². The minimum absolute atomic E-state index is 0.184. The third kappa shape index (κ3) is 4.72. The fraction of sp³-hybridized carbons (Fsp3) is 0.208. The first kappa shape index (κ1) is 20.9. The van der Waals surface area contributed by atoms with E-state index in [1.165, 1.54) is 0 Å². The number of nitrogens with one attached hydrogen (secondary N) is 1. The molecule has 0 saturated heterocycles. The Balaban J connectivity index is 1.54. The van der Waals surface area contributed by atoms with Crippen LogP contribution in [0, 0.1) is 6.92 Å². The van der Waals surface area contributed by atoms with Gasteiger partial charge in [0.2, 0.25) is 0 Å². The zero-order valence-electron chi connectivity index (χ0n) is 17.6. The summed E-state index contributed by atoms with van der Waals surface area (Å²) < 4.78 is 35.9. The van der Waals surface area contributed by atoms with Crippen molar-refractivity contribution in [3.63, 3.8) is 0 Å². The average molecular weight is 436 g/mol. The second kappa shape index (κ2) is 8.81. The first-order valence-electron chi connectivity index (χ1n) is 10.3. The summed E-state index contributed by atoms with van der Waals surface area (Å²) in [5, 5.41) is 0. The molecule has 4 aromatic rings. The maximum Gasteiger partial charge on any atom is 0.261 e. The molecule has 0 bridgehead atoms. The van der Waals surface area contributed by atoms with Crippen molar-refractivity contribution in [1.29, 1.82) is 0 Å². The number of sulfonamides is 1. The van der Waals surface area contributed by atoms with Crippen LogP contribution in [0.3, 0.4) is 0 Å². The largest absolute Gasteiger partial charge is 0.494 e. The Morgan fingerprint density at radius 1 is 1.06 bits per heavy atom. The molecule has 31 heavy (non-hydrogen) atoms. The average Bonchev–Trinajstić information content (AvgIpc) is 3.20. The van der Waals surface area contributed by atoms with E-state index in [0.29, 0.717) is 18.0 Å². The number of benzene rings is 2. The number of fused-ring (bicyclic) bond motifs is 1. The third-order valence-corrected chi connectivity index (χ3v) is 6.39. The summed E-state index contributed by atoms with van der Waals surface area (Å²) in [5.41, 5.74) is 4.05. The minimum Gasteiger partial charge on any atom is -0.494 e. The molecule has 2 aromatic carbocycles.